The highest BCUT2D eigenvalue weighted by molar-refractivity contribution is 5.99. The highest BCUT2D eigenvalue weighted by Crippen LogP contribution is 2.22. The van der Waals surface area contributed by atoms with Gasteiger partial charge in [0.1, 0.15) is 11.5 Å². The first-order valence-electron chi connectivity index (χ1n) is 10.5. The van der Waals surface area contributed by atoms with Crippen molar-refractivity contribution in [1.29, 1.82) is 0 Å². The number of aromatic nitrogens is 1. The van der Waals surface area contributed by atoms with Crippen molar-refractivity contribution in [3.63, 3.8) is 0 Å². The number of furan rings is 1. The van der Waals surface area contributed by atoms with Gasteiger partial charge in [0.2, 0.25) is 5.76 Å². The van der Waals surface area contributed by atoms with Crippen LogP contribution in [0.3, 0.4) is 0 Å². The lowest BCUT2D eigenvalue weighted by Gasteiger charge is -2.13. The minimum atomic E-state index is -1.11. The molecule has 2 aromatic heterocycles. The SMILES string of the molecule is CN(C)c1cccc(OCC(=O)N/N=C/c2cn(Cc3ccc(C(=O)O)o3)c3ccccc23)c1. The van der Waals surface area contributed by atoms with Crippen molar-refractivity contribution in [2.45, 2.75) is 6.54 Å². The minimum Gasteiger partial charge on any atom is -0.484 e. The molecule has 174 valence electrons. The monoisotopic (exact) mass is 460 g/mol. The van der Waals surface area contributed by atoms with Crippen LogP contribution in [-0.4, -0.2) is 48.5 Å². The zero-order chi connectivity index (χ0) is 24.1. The average Bonchev–Trinajstić information content (AvgIpc) is 3.44. The van der Waals surface area contributed by atoms with E-state index in [0.717, 1.165) is 22.2 Å². The molecule has 0 atom stereocenters. The number of para-hydroxylation sites is 1. The number of carbonyl (C=O) groups is 2. The summed E-state index contributed by atoms with van der Waals surface area (Å²) < 4.78 is 12.9. The molecular weight excluding hydrogens is 436 g/mol. The number of rotatable bonds is 9. The van der Waals surface area contributed by atoms with Crippen LogP contribution in [0.2, 0.25) is 0 Å². The fourth-order valence-corrected chi connectivity index (χ4v) is 3.46. The number of hydrogen-bond acceptors (Lipinski definition) is 6. The van der Waals surface area contributed by atoms with E-state index < -0.39 is 5.97 Å². The molecule has 0 aliphatic heterocycles. The molecule has 2 aromatic carbocycles. The van der Waals surface area contributed by atoms with Crippen LogP contribution in [0.25, 0.3) is 10.9 Å². The second-order valence-electron chi connectivity index (χ2n) is 7.77. The molecule has 2 N–H and O–H groups in total. The number of nitrogens with one attached hydrogen (secondary N) is 1. The summed E-state index contributed by atoms with van der Waals surface area (Å²) in [6.07, 6.45) is 3.43. The highest BCUT2D eigenvalue weighted by Gasteiger charge is 2.12. The van der Waals surface area contributed by atoms with Gasteiger partial charge in [-0.1, -0.05) is 24.3 Å². The molecular formula is C25H24N4O5. The molecule has 34 heavy (non-hydrogen) atoms. The molecule has 1 amide bonds. The third kappa shape index (κ3) is 5.26. The topological polar surface area (TPSA) is 109 Å². The van der Waals surface area contributed by atoms with Crippen molar-refractivity contribution in [2.24, 2.45) is 5.10 Å². The molecule has 0 unspecified atom stereocenters. The molecule has 0 fully saturated rings. The molecule has 9 nitrogen and oxygen atoms in total. The largest absolute Gasteiger partial charge is 0.484 e. The van der Waals surface area contributed by atoms with Crippen molar-refractivity contribution in [3.05, 3.63) is 83.9 Å². The van der Waals surface area contributed by atoms with Crippen molar-refractivity contribution >= 4 is 34.7 Å². The van der Waals surface area contributed by atoms with Gasteiger partial charge in [-0.2, -0.15) is 5.10 Å². The van der Waals surface area contributed by atoms with E-state index >= 15 is 0 Å². The number of benzene rings is 2. The Hall–Kier alpha value is -4.53. The zero-order valence-electron chi connectivity index (χ0n) is 18.8. The van der Waals surface area contributed by atoms with Crippen LogP contribution < -0.4 is 15.1 Å². The number of amides is 1. The predicted octanol–water partition coefficient (Wildman–Crippen LogP) is 3.58. The van der Waals surface area contributed by atoms with E-state index in [1.807, 2.05) is 72.2 Å². The molecule has 0 saturated heterocycles. The number of carboxylic acid groups (broad SMARTS) is 1. The number of carboxylic acids is 1. The number of ether oxygens (including phenoxy) is 1. The van der Waals surface area contributed by atoms with Crippen LogP contribution in [-0.2, 0) is 11.3 Å². The Balaban J connectivity index is 1.41. The maximum absolute atomic E-state index is 12.2. The van der Waals surface area contributed by atoms with Crippen LogP contribution in [0.5, 0.6) is 5.75 Å². The maximum Gasteiger partial charge on any atom is 0.371 e. The summed E-state index contributed by atoms with van der Waals surface area (Å²) in [5, 5.41) is 14.1. The van der Waals surface area contributed by atoms with Gasteiger partial charge in [0.15, 0.2) is 6.61 Å². The van der Waals surface area contributed by atoms with Crippen molar-refractivity contribution in [2.75, 3.05) is 25.6 Å². The van der Waals surface area contributed by atoms with E-state index in [1.165, 1.54) is 6.07 Å². The Kier molecular flexibility index (Phi) is 6.63. The standard InChI is InChI=1S/C25H24N4O5/c1-28(2)18-6-5-7-19(12-18)33-16-24(30)27-26-13-17-14-29(22-9-4-3-8-21(17)22)15-20-10-11-23(34-20)25(31)32/h3-14H,15-16H2,1-2H3,(H,27,30)(H,31,32)/b26-13+. The molecule has 2 heterocycles. The van der Waals surface area contributed by atoms with Gasteiger partial charge < -0.3 is 23.7 Å². The van der Waals surface area contributed by atoms with E-state index in [4.69, 9.17) is 14.3 Å². The summed E-state index contributed by atoms with van der Waals surface area (Å²) >= 11 is 0. The van der Waals surface area contributed by atoms with E-state index in [-0.39, 0.29) is 18.3 Å². The number of nitrogens with zero attached hydrogens (tertiary/aromatic N) is 3. The number of hydrogen-bond donors (Lipinski definition) is 2. The fraction of sp³-hybridized carbons (Fsp3) is 0.160. The number of hydrazone groups is 1. The second-order valence-corrected chi connectivity index (χ2v) is 7.77. The van der Waals surface area contributed by atoms with E-state index in [1.54, 1.807) is 18.3 Å². The number of fused-ring (bicyclic) bond motifs is 1. The molecule has 4 aromatic rings. The highest BCUT2D eigenvalue weighted by atomic mass is 16.5. The summed E-state index contributed by atoms with van der Waals surface area (Å²) in [6, 6.07) is 18.2. The zero-order valence-corrected chi connectivity index (χ0v) is 18.8. The third-order valence-electron chi connectivity index (χ3n) is 5.11. The second kappa shape index (κ2) is 9.95. The van der Waals surface area contributed by atoms with E-state index in [0.29, 0.717) is 18.1 Å². The maximum atomic E-state index is 12.2. The summed E-state index contributed by atoms with van der Waals surface area (Å²) in [6.45, 7) is 0.189. The Labute approximate surface area is 195 Å². The fourth-order valence-electron chi connectivity index (χ4n) is 3.46. The number of carbonyl (C=O) groups excluding carboxylic acids is 1. The quantitative estimate of drug-likeness (QED) is 0.292. The Morgan fingerprint density at radius 3 is 2.74 bits per heavy atom. The van der Waals surface area contributed by atoms with Gasteiger partial charge in [0.25, 0.3) is 5.91 Å². The summed E-state index contributed by atoms with van der Waals surface area (Å²) in [7, 11) is 3.86. The summed E-state index contributed by atoms with van der Waals surface area (Å²) in [4.78, 5) is 25.2. The lowest BCUT2D eigenvalue weighted by atomic mass is 10.2. The summed E-state index contributed by atoms with van der Waals surface area (Å²) in [5.74, 6) is -0.483. The van der Waals surface area contributed by atoms with Crippen molar-refractivity contribution in [1.82, 2.24) is 9.99 Å². The van der Waals surface area contributed by atoms with E-state index in [9.17, 15) is 9.59 Å². The van der Waals surface area contributed by atoms with E-state index in [2.05, 4.69) is 10.5 Å². The molecule has 9 heteroatoms. The normalized spacial score (nSPS) is 11.1. The van der Waals surface area contributed by atoms with Crippen LogP contribution in [0, 0.1) is 0 Å². The summed E-state index contributed by atoms with van der Waals surface area (Å²) in [5.41, 5.74) is 5.17. The van der Waals surface area contributed by atoms with Gasteiger partial charge >= 0.3 is 5.97 Å². The smallest absolute Gasteiger partial charge is 0.371 e. The van der Waals surface area contributed by atoms with Crippen LogP contribution in [0.15, 0.2) is 76.4 Å². The van der Waals surface area contributed by atoms with Crippen molar-refractivity contribution < 1.29 is 23.8 Å². The lowest BCUT2D eigenvalue weighted by molar-refractivity contribution is -0.123. The molecule has 0 aliphatic carbocycles. The average molecular weight is 460 g/mol. The Morgan fingerprint density at radius 2 is 1.97 bits per heavy atom. The molecule has 0 aliphatic rings. The lowest BCUT2D eigenvalue weighted by Crippen LogP contribution is -2.24. The van der Waals surface area contributed by atoms with Gasteiger partial charge in [-0.15, -0.1) is 0 Å². The van der Waals surface area contributed by atoms with Gasteiger partial charge in [0.05, 0.1) is 12.8 Å². The number of aromatic carboxylic acids is 1. The first-order chi connectivity index (χ1) is 16.4. The molecule has 0 radical (unpaired) electrons. The molecule has 0 spiro atoms. The number of anilines is 1. The van der Waals surface area contributed by atoms with Gasteiger partial charge in [-0.05, 0) is 30.3 Å². The minimum absolute atomic E-state index is 0.105. The van der Waals surface area contributed by atoms with Crippen LogP contribution in [0.1, 0.15) is 21.9 Å². The first kappa shape index (κ1) is 22.7. The molecule has 4 rings (SSSR count). The van der Waals surface area contributed by atoms with Crippen LogP contribution in [0.4, 0.5) is 5.69 Å². The Morgan fingerprint density at radius 1 is 1.15 bits per heavy atom. The van der Waals surface area contributed by atoms with Crippen molar-refractivity contribution in [3.8, 4) is 5.75 Å². The van der Waals surface area contributed by atoms with Gasteiger partial charge in [-0.3, -0.25) is 4.79 Å². The van der Waals surface area contributed by atoms with Gasteiger partial charge in [-0.25, -0.2) is 10.2 Å². The third-order valence-corrected chi connectivity index (χ3v) is 5.11. The first-order valence-corrected chi connectivity index (χ1v) is 10.5. The molecule has 0 saturated carbocycles. The van der Waals surface area contributed by atoms with Crippen LogP contribution >= 0.6 is 0 Å². The predicted molar refractivity (Wildman–Crippen MR) is 129 cm³/mol. The molecule has 0 bridgehead atoms. The Bertz CT molecular complexity index is 1350. The van der Waals surface area contributed by atoms with Gasteiger partial charge in [0, 0.05) is 48.5 Å².